The molecule has 0 aliphatic heterocycles. The fourth-order valence-corrected chi connectivity index (χ4v) is 1.41. The van der Waals surface area contributed by atoms with E-state index in [1.807, 2.05) is 6.92 Å². The summed E-state index contributed by atoms with van der Waals surface area (Å²) in [5, 5.41) is 0.531. The Kier molecular flexibility index (Phi) is 5.90. The lowest BCUT2D eigenvalue weighted by Crippen LogP contribution is -2.04. The summed E-state index contributed by atoms with van der Waals surface area (Å²) in [6.45, 7) is 3.86. The molecule has 3 nitrogen and oxygen atoms in total. The summed E-state index contributed by atoms with van der Waals surface area (Å²) in [7, 11) is 0. The molecule has 0 aromatic heterocycles. The van der Waals surface area contributed by atoms with Crippen molar-refractivity contribution >= 4 is 17.9 Å². The zero-order valence-corrected chi connectivity index (χ0v) is 10.00. The Labute approximate surface area is 100 Å². The molecule has 1 aromatic carbocycles. The minimum absolute atomic E-state index is 0.476. The van der Waals surface area contributed by atoms with Gasteiger partial charge in [-0.25, -0.2) is 0 Å². The first-order valence-electron chi connectivity index (χ1n) is 5.23. The predicted octanol–water partition coefficient (Wildman–Crippen LogP) is 2.96. The third-order valence-corrected chi connectivity index (χ3v) is 2.23. The lowest BCUT2D eigenvalue weighted by molar-refractivity contribution is 0.111. The third-order valence-electron chi connectivity index (χ3n) is 1.99. The lowest BCUT2D eigenvalue weighted by Gasteiger charge is -2.08. The summed E-state index contributed by atoms with van der Waals surface area (Å²) in [6, 6.07) is 4.99. The molecule has 0 aliphatic rings. The van der Waals surface area contributed by atoms with Gasteiger partial charge < -0.3 is 9.47 Å². The number of carbonyl (C=O) groups is 1. The maximum absolute atomic E-state index is 10.8. The second kappa shape index (κ2) is 7.25. The Morgan fingerprint density at radius 1 is 1.38 bits per heavy atom. The van der Waals surface area contributed by atoms with Crippen molar-refractivity contribution in [3.05, 3.63) is 28.8 Å². The molecule has 0 unspecified atom stereocenters. The molecule has 0 N–H and O–H groups in total. The van der Waals surface area contributed by atoms with Crippen LogP contribution in [0.5, 0.6) is 5.75 Å². The van der Waals surface area contributed by atoms with Crippen LogP contribution in [0.4, 0.5) is 0 Å². The van der Waals surface area contributed by atoms with E-state index in [1.54, 1.807) is 18.2 Å². The van der Waals surface area contributed by atoms with Crippen molar-refractivity contribution in [1.82, 2.24) is 0 Å². The molecule has 88 valence electrons. The first-order valence-corrected chi connectivity index (χ1v) is 5.61. The van der Waals surface area contributed by atoms with Crippen LogP contribution in [-0.2, 0) is 4.74 Å². The number of ether oxygens (including phenoxy) is 2. The molecule has 0 heterocycles. The normalized spacial score (nSPS) is 10.1. The van der Waals surface area contributed by atoms with Gasteiger partial charge in [-0.2, -0.15) is 0 Å². The van der Waals surface area contributed by atoms with Crippen molar-refractivity contribution in [3.63, 3.8) is 0 Å². The quantitative estimate of drug-likeness (QED) is 0.545. The number of rotatable bonds is 7. The van der Waals surface area contributed by atoms with E-state index in [0.717, 1.165) is 12.7 Å². The number of halogens is 1. The number of carbonyl (C=O) groups excluding carboxylic acids is 1. The van der Waals surface area contributed by atoms with Crippen molar-refractivity contribution < 1.29 is 14.3 Å². The van der Waals surface area contributed by atoms with E-state index in [0.29, 0.717) is 36.2 Å². The summed E-state index contributed by atoms with van der Waals surface area (Å²) >= 11 is 5.76. The van der Waals surface area contributed by atoms with Crippen LogP contribution in [-0.4, -0.2) is 26.1 Å². The third kappa shape index (κ3) is 4.21. The van der Waals surface area contributed by atoms with Crippen molar-refractivity contribution in [2.45, 2.75) is 13.3 Å². The summed E-state index contributed by atoms with van der Waals surface area (Å²) in [6.07, 6.45) is 1.54. The second-order valence-corrected chi connectivity index (χ2v) is 3.64. The summed E-state index contributed by atoms with van der Waals surface area (Å²) < 4.78 is 10.6. The smallest absolute Gasteiger partial charge is 0.153 e. The van der Waals surface area contributed by atoms with Crippen molar-refractivity contribution in [1.29, 1.82) is 0 Å². The van der Waals surface area contributed by atoms with E-state index in [2.05, 4.69) is 0 Å². The largest absolute Gasteiger partial charge is 0.493 e. The molecule has 0 amide bonds. The van der Waals surface area contributed by atoms with Crippen LogP contribution in [0.25, 0.3) is 0 Å². The van der Waals surface area contributed by atoms with Crippen LogP contribution < -0.4 is 4.74 Å². The van der Waals surface area contributed by atoms with Gasteiger partial charge in [-0.1, -0.05) is 11.6 Å². The number of benzene rings is 1. The van der Waals surface area contributed by atoms with Crippen LogP contribution in [0, 0.1) is 0 Å². The highest BCUT2D eigenvalue weighted by atomic mass is 35.5. The van der Waals surface area contributed by atoms with E-state index in [1.165, 1.54) is 0 Å². The van der Waals surface area contributed by atoms with Gasteiger partial charge in [0, 0.05) is 24.7 Å². The van der Waals surface area contributed by atoms with Crippen LogP contribution in [0.3, 0.4) is 0 Å². The topological polar surface area (TPSA) is 35.5 Å². The fraction of sp³-hybridized carbons (Fsp3) is 0.417. The van der Waals surface area contributed by atoms with Gasteiger partial charge in [-0.15, -0.1) is 0 Å². The summed E-state index contributed by atoms with van der Waals surface area (Å²) in [5.41, 5.74) is 0.476. The minimum Gasteiger partial charge on any atom is -0.493 e. The second-order valence-electron chi connectivity index (χ2n) is 3.20. The van der Waals surface area contributed by atoms with Gasteiger partial charge >= 0.3 is 0 Å². The number of hydrogen-bond donors (Lipinski definition) is 0. The molecule has 16 heavy (non-hydrogen) atoms. The SMILES string of the molecule is CCOCCCOc1ccc(Cl)cc1C=O. The van der Waals surface area contributed by atoms with E-state index < -0.39 is 0 Å². The molecule has 0 saturated carbocycles. The molecule has 0 saturated heterocycles. The van der Waals surface area contributed by atoms with Crippen LogP contribution in [0.2, 0.25) is 5.02 Å². The average Bonchev–Trinajstić information content (AvgIpc) is 2.30. The molecule has 1 aromatic rings. The molecule has 0 aliphatic carbocycles. The van der Waals surface area contributed by atoms with Gasteiger partial charge in [-0.05, 0) is 25.1 Å². The van der Waals surface area contributed by atoms with Gasteiger partial charge in [0.05, 0.1) is 12.2 Å². The maximum Gasteiger partial charge on any atom is 0.153 e. The molecule has 1 rings (SSSR count). The Bertz CT molecular complexity index is 339. The summed E-state index contributed by atoms with van der Waals surface area (Å²) in [4.78, 5) is 10.8. The molecular formula is C12H15ClO3. The average molecular weight is 243 g/mol. The monoisotopic (exact) mass is 242 g/mol. The first kappa shape index (κ1) is 13.0. The van der Waals surface area contributed by atoms with Gasteiger partial charge in [0.15, 0.2) is 6.29 Å². The van der Waals surface area contributed by atoms with Crippen molar-refractivity contribution in [3.8, 4) is 5.75 Å². The molecule has 0 radical (unpaired) electrons. The van der Waals surface area contributed by atoms with Gasteiger partial charge in [0.1, 0.15) is 5.75 Å². The van der Waals surface area contributed by atoms with Gasteiger partial charge in [0.2, 0.25) is 0 Å². The van der Waals surface area contributed by atoms with E-state index in [4.69, 9.17) is 21.1 Å². The standard InChI is InChI=1S/C12H15ClO3/c1-2-15-6-3-7-16-12-5-4-11(13)8-10(12)9-14/h4-5,8-9H,2-3,6-7H2,1H3. The van der Waals surface area contributed by atoms with Crippen molar-refractivity contribution in [2.24, 2.45) is 0 Å². The molecule has 0 spiro atoms. The first-order chi connectivity index (χ1) is 7.77. The van der Waals surface area contributed by atoms with E-state index in [-0.39, 0.29) is 0 Å². The molecule has 0 fully saturated rings. The maximum atomic E-state index is 10.8. The molecular weight excluding hydrogens is 228 g/mol. The summed E-state index contributed by atoms with van der Waals surface area (Å²) in [5.74, 6) is 0.566. The number of aldehydes is 1. The molecule has 0 atom stereocenters. The van der Waals surface area contributed by atoms with Crippen LogP contribution >= 0.6 is 11.6 Å². The molecule has 0 bridgehead atoms. The van der Waals surface area contributed by atoms with E-state index >= 15 is 0 Å². The zero-order valence-electron chi connectivity index (χ0n) is 9.24. The lowest BCUT2D eigenvalue weighted by atomic mass is 10.2. The van der Waals surface area contributed by atoms with Gasteiger partial charge in [0.25, 0.3) is 0 Å². The fourth-order valence-electron chi connectivity index (χ4n) is 1.23. The van der Waals surface area contributed by atoms with Crippen molar-refractivity contribution in [2.75, 3.05) is 19.8 Å². The highest BCUT2D eigenvalue weighted by Crippen LogP contribution is 2.21. The number of hydrogen-bond acceptors (Lipinski definition) is 3. The zero-order chi connectivity index (χ0) is 11.8. The Morgan fingerprint density at radius 3 is 2.88 bits per heavy atom. The van der Waals surface area contributed by atoms with Crippen LogP contribution in [0.15, 0.2) is 18.2 Å². The predicted molar refractivity (Wildman–Crippen MR) is 63.4 cm³/mol. The minimum atomic E-state index is 0.476. The molecule has 4 heteroatoms. The Balaban J connectivity index is 2.44. The Morgan fingerprint density at radius 2 is 2.19 bits per heavy atom. The van der Waals surface area contributed by atoms with E-state index in [9.17, 15) is 4.79 Å². The highest BCUT2D eigenvalue weighted by molar-refractivity contribution is 6.30. The van der Waals surface area contributed by atoms with Crippen LogP contribution in [0.1, 0.15) is 23.7 Å². The Hall–Kier alpha value is -1.06. The van der Waals surface area contributed by atoms with Gasteiger partial charge in [-0.3, -0.25) is 4.79 Å². The highest BCUT2D eigenvalue weighted by Gasteiger charge is 2.03.